The van der Waals surface area contributed by atoms with Crippen LogP contribution in [0.5, 0.6) is 0 Å². The van der Waals surface area contributed by atoms with Crippen LogP contribution in [-0.4, -0.2) is 37.1 Å². The molecule has 0 atom stereocenters. The normalized spacial score (nSPS) is 17.2. The van der Waals surface area contributed by atoms with Crippen molar-refractivity contribution in [2.45, 2.75) is 38.1 Å². The van der Waals surface area contributed by atoms with E-state index in [9.17, 15) is 0 Å². The van der Waals surface area contributed by atoms with E-state index in [1.165, 1.54) is 57.3 Å². The topological polar surface area (TPSA) is 15.3 Å². The second kappa shape index (κ2) is 8.93. The lowest BCUT2D eigenvalue weighted by Crippen LogP contribution is -2.42. The number of aryl methyl sites for hydroxylation is 1. The fraction of sp³-hybridized carbons (Fsp3) is 0.556. The first-order valence-electron chi connectivity index (χ1n) is 7.99. The Morgan fingerprint density at radius 1 is 1.15 bits per heavy atom. The number of likely N-dealkylation sites (tertiary alicyclic amines) is 1. The van der Waals surface area contributed by atoms with E-state index in [1.54, 1.807) is 0 Å². The zero-order chi connectivity index (χ0) is 14.0. The molecule has 0 aromatic heterocycles. The van der Waals surface area contributed by atoms with Crippen LogP contribution in [0.1, 0.15) is 31.2 Å². The molecule has 2 rings (SSSR count). The number of hydrogen-bond acceptors (Lipinski definition) is 2. The van der Waals surface area contributed by atoms with Gasteiger partial charge in [-0.25, -0.2) is 0 Å². The van der Waals surface area contributed by atoms with Crippen LogP contribution in [0.4, 0.5) is 0 Å². The predicted molar refractivity (Wildman–Crippen MR) is 87.0 cm³/mol. The molecule has 1 heterocycles. The molecule has 20 heavy (non-hydrogen) atoms. The second-order valence-electron chi connectivity index (χ2n) is 5.76. The number of benzene rings is 1. The Kier molecular flexibility index (Phi) is 6.82. The average Bonchev–Trinajstić information content (AvgIpc) is 2.52. The van der Waals surface area contributed by atoms with Crippen LogP contribution in [0.25, 0.3) is 0 Å². The van der Waals surface area contributed by atoms with Crippen LogP contribution in [0.2, 0.25) is 0 Å². The highest BCUT2D eigenvalue weighted by atomic mass is 15.1. The summed E-state index contributed by atoms with van der Waals surface area (Å²) in [6.45, 7) is 8.47. The van der Waals surface area contributed by atoms with E-state index in [2.05, 4.69) is 47.1 Å². The van der Waals surface area contributed by atoms with E-state index in [1.807, 2.05) is 6.08 Å². The third kappa shape index (κ3) is 5.48. The first-order chi connectivity index (χ1) is 9.88. The summed E-state index contributed by atoms with van der Waals surface area (Å²) >= 11 is 0. The van der Waals surface area contributed by atoms with Gasteiger partial charge in [-0.3, -0.25) is 0 Å². The molecule has 2 nitrogen and oxygen atoms in total. The average molecular weight is 272 g/mol. The van der Waals surface area contributed by atoms with E-state index in [4.69, 9.17) is 0 Å². The van der Waals surface area contributed by atoms with E-state index in [0.29, 0.717) is 6.04 Å². The zero-order valence-electron chi connectivity index (χ0n) is 12.6. The molecule has 0 saturated carbocycles. The van der Waals surface area contributed by atoms with Crippen molar-refractivity contribution in [2.24, 2.45) is 0 Å². The zero-order valence-corrected chi connectivity index (χ0v) is 12.6. The second-order valence-corrected chi connectivity index (χ2v) is 5.76. The minimum Gasteiger partial charge on any atom is -0.310 e. The van der Waals surface area contributed by atoms with Crippen molar-refractivity contribution in [2.75, 3.05) is 26.2 Å². The SMILES string of the molecule is C=CCNC1CCN(CCCCc2ccccc2)CC1. The van der Waals surface area contributed by atoms with Crippen molar-refractivity contribution in [1.82, 2.24) is 10.2 Å². The summed E-state index contributed by atoms with van der Waals surface area (Å²) in [6.07, 6.45) is 8.37. The first-order valence-corrected chi connectivity index (χ1v) is 7.99. The fourth-order valence-electron chi connectivity index (χ4n) is 2.92. The molecule has 1 aliphatic rings. The smallest absolute Gasteiger partial charge is 0.0134 e. The highest BCUT2D eigenvalue weighted by Crippen LogP contribution is 2.12. The molecule has 0 unspecified atom stereocenters. The van der Waals surface area contributed by atoms with Gasteiger partial charge in [-0.1, -0.05) is 36.4 Å². The molecule has 0 radical (unpaired) electrons. The largest absolute Gasteiger partial charge is 0.310 e. The summed E-state index contributed by atoms with van der Waals surface area (Å²) in [7, 11) is 0. The molecular formula is C18H28N2. The van der Waals surface area contributed by atoms with Gasteiger partial charge < -0.3 is 10.2 Å². The van der Waals surface area contributed by atoms with E-state index in [0.717, 1.165) is 6.54 Å². The van der Waals surface area contributed by atoms with Crippen LogP contribution < -0.4 is 5.32 Å². The molecule has 1 fully saturated rings. The molecule has 1 aliphatic heterocycles. The number of hydrogen-bond donors (Lipinski definition) is 1. The van der Waals surface area contributed by atoms with Crippen molar-refractivity contribution < 1.29 is 0 Å². The molecule has 0 bridgehead atoms. The van der Waals surface area contributed by atoms with Gasteiger partial charge in [0.25, 0.3) is 0 Å². The lowest BCUT2D eigenvalue weighted by Gasteiger charge is -2.32. The van der Waals surface area contributed by atoms with Gasteiger partial charge >= 0.3 is 0 Å². The predicted octanol–water partition coefficient (Wildman–Crippen LogP) is 3.25. The van der Waals surface area contributed by atoms with Crippen LogP contribution in [0.15, 0.2) is 43.0 Å². The van der Waals surface area contributed by atoms with Crippen molar-refractivity contribution in [1.29, 1.82) is 0 Å². The molecule has 2 heteroatoms. The molecular weight excluding hydrogens is 244 g/mol. The lowest BCUT2D eigenvalue weighted by atomic mass is 10.0. The van der Waals surface area contributed by atoms with Crippen LogP contribution in [0.3, 0.4) is 0 Å². The van der Waals surface area contributed by atoms with Gasteiger partial charge in [0, 0.05) is 12.6 Å². The first kappa shape index (κ1) is 15.3. The summed E-state index contributed by atoms with van der Waals surface area (Å²) in [4.78, 5) is 2.62. The number of nitrogens with one attached hydrogen (secondary N) is 1. The molecule has 1 aromatic rings. The van der Waals surface area contributed by atoms with Gasteiger partial charge in [0.15, 0.2) is 0 Å². The number of piperidine rings is 1. The van der Waals surface area contributed by atoms with Gasteiger partial charge in [0.2, 0.25) is 0 Å². The summed E-state index contributed by atoms with van der Waals surface area (Å²) < 4.78 is 0. The van der Waals surface area contributed by atoms with Crippen molar-refractivity contribution in [3.8, 4) is 0 Å². The Morgan fingerprint density at radius 3 is 2.60 bits per heavy atom. The van der Waals surface area contributed by atoms with E-state index >= 15 is 0 Å². The highest BCUT2D eigenvalue weighted by Gasteiger charge is 2.17. The Balaban J connectivity index is 1.54. The Morgan fingerprint density at radius 2 is 1.90 bits per heavy atom. The standard InChI is InChI=1S/C18H28N2/c1-2-13-19-18-11-15-20(16-12-18)14-7-6-10-17-8-4-3-5-9-17/h2-5,8-9,18-19H,1,6-7,10-16H2. The van der Waals surface area contributed by atoms with Crippen LogP contribution >= 0.6 is 0 Å². The van der Waals surface area contributed by atoms with Gasteiger partial charge in [-0.05, 0) is 57.3 Å². The molecule has 1 saturated heterocycles. The summed E-state index contributed by atoms with van der Waals surface area (Å²) in [5, 5.41) is 3.54. The van der Waals surface area contributed by atoms with Gasteiger partial charge in [0.05, 0.1) is 0 Å². The molecule has 1 N–H and O–H groups in total. The summed E-state index contributed by atoms with van der Waals surface area (Å²) in [5.74, 6) is 0. The van der Waals surface area contributed by atoms with Crippen LogP contribution in [0, 0.1) is 0 Å². The molecule has 0 aliphatic carbocycles. The molecule has 0 amide bonds. The number of nitrogens with zero attached hydrogens (tertiary/aromatic N) is 1. The fourth-order valence-corrected chi connectivity index (χ4v) is 2.92. The number of unbranched alkanes of at least 4 members (excludes halogenated alkanes) is 1. The maximum absolute atomic E-state index is 3.76. The molecule has 0 spiro atoms. The third-order valence-electron chi connectivity index (χ3n) is 4.17. The van der Waals surface area contributed by atoms with Gasteiger partial charge in [-0.15, -0.1) is 6.58 Å². The maximum atomic E-state index is 3.76. The Labute approximate surface area is 123 Å². The third-order valence-corrected chi connectivity index (χ3v) is 4.17. The number of rotatable bonds is 8. The molecule has 110 valence electrons. The van der Waals surface area contributed by atoms with Crippen molar-refractivity contribution in [3.63, 3.8) is 0 Å². The molecule has 1 aromatic carbocycles. The minimum absolute atomic E-state index is 0.702. The summed E-state index contributed by atoms with van der Waals surface area (Å²) in [6, 6.07) is 11.5. The maximum Gasteiger partial charge on any atom is 0.0134 e. The minimum atomic E-state index is 0.702. The van der Waals surface area contributed by atoms with Crippen LogP contribution in [-0.2, 0) is 6.42 Å². The summed E-state index contributed by atoms with van der Waals surface area (Å²) in [5.41, 5.74) is 1.47. The van der Waals surface area contributed by atoms with Gasteiger partial charge in [0.1, 0.15) is 0 Å². The van der Waals surface area contributed by atoms with E-state index in [-0.39, 0.29) is 0 Å². The Bertz CT molecular complexity index is 366. The lowest BCUT2D eigenvalue weighted by molar-refractivity contribution is 0.197. The highest BCUT2D eigenvalue weighted by molar-refractivity contribution is 5.14. The van der Waals surface area contributed by atoms with Crippen molar-refractivity contribution in [3.05, 3.63) is 48.6 Å². The van der Waals surface area contributed by atoms with Gasteiger partial charge in [-0.2, -0.15) is 0 Å². The van der Waals surface area contributed by atoms with E-state index < -0.39 is 0 Å². The quantitative estimate of drug-likeness (QED) is 0.577. The monoisotopic (exact) mass is 272 g/mol. The van der Waals surface area contributed by atoms with Crippen molar-refractivity contribution >= 4 is 0 Å². The Hall–Kier alpha value is -1.12.